The maximum Gasteiger partial charge on any atom is 0.420 e. The van der Waals surface area contributed by atoms with Crippen LogP contribution in [0.25, 0.3) is 0 Å². The number of carbonyl (C=O) groups is 2. The SMILES string of the molecule is COC1Oc2ccc(OS(=O)(=O)c3ccc(C)cc3)cc2C12COC(=O)N2C(=O)OC(C)(C)C. The average molecular weight is 492 g/mol. The third-order valence-corrected chi connectivity index (χ3v) is 6.61. The van der Waals surface area contributed by atoms with Gasteiger partial charge in [0.15, 0.2) is 5.54 Å². The molecule has 2 aliphatic rings. The van der Waals surface area contributed by atoms with E-state index >= 15 is 0 Å². The smallest absolute Gasteiger partial charge is 0.420 e. The van der Waals surface area contributed by atoms with Gasteiger partial charge in [-0.05, 0) is 58.0 Å². The molecule has 34 heavy (non-hydrogen) atoms. The Labute approximate surface area is 197 Å². The van der Waals surface area contributed by atoms with Gasteiger partial charge in [0.1, 0.15) is 28.6 Å². The van der Waals surface area contributed by atoms with Gasteiger partial charge in [-0.2, -0.15) is 13.3 Å². The standard InChI is InChI=1S/C23H25NO9S/c1-14-6-9-16(10-7-14)34(27,28)33-15-8-11-18-17(12-15)23(19(29-5)31-18)13-30-20(25)24(23)21(26)32-22(2,3)4/h6-12,19H,13H2,1-5H3. The van der Waals surface area contributed by atoms with Crippen LogP contribution in [0.4, 0.5) is 9.59 Å². The van der Waals surface area contributed by atoms with Crippen molar-refractivity contribution in [2.24, 2.45) is 0 Å². The normalized spacial score (nSPS) is 21.7. The second-order valence-electron chi connectivity index (χ2n) is 8.99. The molecule has 1 saturated heterocycles. The minimum absolute atomic E-state index is 0.0194. The van der Waals surface area contributed by atoms with Crippen LogP contribution < -0.4 is 8.92 Å². The largest absolute Gasteiger partial charge is 0.461 e. The molecule has 2 heterocycles. The Balaban J connectivity index is 1.75. The summed E-state index contributed by atoms with van der Waals surface area (Å²) in [5.74, 6) is 0.237. The zero-order chi connectivity index (χ0) is 24.9. The number of cyclic esters (lactones) is 1. The molecule has 0 saturated carbocycles. The number of nitrogens with zero attached hydrogens (tertiary/aromatic N) is 1. The fourth-order valence-corrected chi connectivity index (χ4v) is 4.77. The number of fused-ring (bicyclic) bond motifs is 2. The maximum atomic E-state index is 13.0. The van der Waals surface area contributed by atoms with Crippen LogP contribution in [0.1, 0.15) is 31.9 Å². The van der Waals surface area contributed by atoms with Crippen molar-refractivity contribution < 1.29 is 41.1 Å². The van der Waals surface area contributed by atoms with Gasteiger partial charge in [-0.25, -0.2) is 9.59 Å². The lowest BCUT2D eigenvalue weighted by Crippen LogP contribution is -2.55. The lowest BCUT2D eigenvalue weighted by molar-refractivity contribution is -0.120. The third kappa shape index (κ3) is 4.05. The Bertz CT molecular complexity index is 1230. The minimum Gasteiger partial charge on any atom is -0.461 e. The molecule has 0 aromatic heterocycles. The first-order valence-electron chi connectivity index (χ1n) is 10.4. The topological polar surface area (TPSA) is 118 Å². The molecule has 0 N–H and O–H groups in total. The Kier molecular flexibility index (Phi) is 5.73. The van der Waals surface area contributed by atoms with E-state index in [0.717, 1.165) is 10.5 Å². The first-order valence-corrected chi connectivity index (χ1v) is 11.8. The monoisotopic (exact) mass is 491 g/mol. The number of benzene rings is 2. The molecule has 2 aromatic rings. The van der Waals surface area contributed by atoms with Crippen molar-refractivity contribution >= 4 is 22.3 Å². The van der Waals surface area contributed by atoms with E-state index in [2.05, 4.69) is 0 Å². The van der Waals surface area contributed by atoms with E-state index in [-0.39, 0.29) is 28.6 Å². The van der Waals surface area contributed by atoms with Gasteiger partial charge >= 0.3 is 22.3 Å². The van der Waals surface area contributed by atoms with Gasteiger partial charge in [-0.3, -0.25) is 0 Å². The van der Waals surface area contributed by atoms with Crippen molar-refractivity contribution in [3.8, 4) is 11.5 Å². The van der Waals surface area contributed by atoms with E-state index in [9.17, 15) is 18.0 Å². The third-order valence-electron chi connectivity index (χ3n) is 5.34. The van der Waals surface area contributed by atoms with E-state index in [1.165, 1.54) is 37.4 Å². The highest BCUT2D eigenvalue weighted by atomic mass is 32.2. The minimum atomic E-state index is -4.14. The average Bonchev–Trinajstić information content (AvgIpc) is 3.24. The van der Waals surface area contributed by atoms with Crippen LogP contribution in [0.2, 0.25) is 0 Å². The van der Waals surface area contributed by atoms with Gasteiger partial charge in [0.05, 0.1) is 0 Å². The van der Waals surface area contributed by atoms with E-state index in [1.807, 2.05) is 6.92 Å². The van der Waals surface area contributed by atoms with Crippen LogP contribution in [0, 0.1) is 6.92 Å². The van der Waals surface area contributed by atoms with Crippen molar-refractivity contribution in [3.63, 3.8) is 0 Å². The number of rotatable bonds is 4. The van der Waals surface area contributed by atoms with E-state index < -0.39 is 39.7 Å². The lowest BCUT2D eigenvalue weighted by Gasteiger charge is -2.34. The summed E-state index contributed by atoms with van der Waals surface area (Å²) in [5, 5.41) is 0. The lowest BCUT2D eigenvalue weighted by atomic mass is 9.90. The summed E-state index contributed by atoms with van der Waals surface area (Å²) in [5.41, 5.74) is -1.25. The summed E-state index contributed by atoms with van der Waals surface area (Å²) in [7, 11) is -2.79. The van der Waals surface area contributed by atoms with E-state index in [0.29, 0.717) is 0 Å². The number of carbonyl (C=O) groups excluding carboxylic acids is 2. The molecule has 2 aromatic carbocycles. The summed E-state index contributed by atoms with van der Waals surface area (Å²) in [6, 6.07) is 10.5. The molecule has 1 spiro atoms. The molecule has 0 aliphatic carbocycles. The molecule has 0 bridgehead atoms. The van der Waals surface area contributed by atoms with Gasteiger partial charge < -0.3 is 23.1 Å². The summed E-state index contributed by atoms with van der Waals surface area (Å²) in [4.78, 5) is 26.4. The molecule has 11 heteroatoms. The number of hydrogen-bond donors (Lipinski definition) is 0. The summed E-state index contributed by atoms with van der Waals surface area (Å²) in [6.45, 7) is 6.53. The van der Waals surface area contributed by atoms with Crippen LogP contribution in [0.5, 0.6) is 11.5 Å². The maximum absolute atomic E-state index is 13.0. The predicted molar refractivity (Wildman–Crippen MR) is 118 cm³/mol. The van der Waals surface area contributed by atoms with Crippen LogP contribution in [0.3, 0.4) is 0 Å². The number of amides is 2. The van der Waals surface area contributed by atoms with Crippen molar-refractivity contribution in [2.75, 3.05) is 13.7 Å². The van der Waals surface area contributed by atoms with Crippen LogP contribution >= 0.6 is 0 Å². The van der Waals surface area contributed by atoms with Gasteiger partial charge in [-0.15, -0.1) is 0 Å². The van der Waals surface area contributed by atoms with Crippen molar-refractivity contribution in [1.82, 2.24) is 4.90 Å². The van der Waals surface area contributed by atoms with Gasteiger partial charge in [0.2, 0.25) is 6.29 Å². The van der Waals surface area contributed by atoms with Crippen molar-refractivity contribution in [3.05, 3.63) is 53.6 Å². The molecule has 2 unspecified atom stereocenters. The van der Waals surface area contributed by atoms with Gasteiger partial charge in [0, 0.05) is 12.7 Å². The van der Waals surface area contributed by atoms with Gasteiger partial charge in [0.25, 0.3) is 0 Å². The van der Waals surface area contributed by atoms with Crippen LogP contribution in [-0.4, -0.2) is 51.1 Å². The number of hydrogen-bond acceptors (Lipinski definition) is 9. The molecule has 1 fully saturated rings. The number of imide groups is 1. The van der Waals surface area contributed by atoms with Gasteiger partial charge in [-0.1, -0.05) is 17.7 Å². The Morgan fingerprint density at radius 2 is 1.82 bits per heavy atom. The number of ether oxygens (including phenoxy) is 4. The zero-order valence-corrected chi connectivity index (χ0v) is 20.2. The zero-order valence-electron chi connectivity index (χ0n) is 19.4. The molecular formula is C23H25NO9S. The Morgan fingerprint density at radius 1 is 1.15 bits per heavy atom. The molecule has 2 amide bonds. The molecule has 0 radical (unpaired) electrons. The van der Waals surface area contributed by atoms with E-state index in [4.69, 9.17) is 23.1 Å². The number of methoxy groups -OCH3 is 1. The summed E-state index contributed by atoms with van der Waals surface area (Å²) in [6.07, 6.45) is -3.01. The molecule has 10 nitrogen and oxygen atoms in total. The second-order valence-corrected chi connectivity index (χ2v) is 10.5. The molecule has 4 rings (SSSR count). The molecule has 2 aliphatic heterocycles. The fourth-order valence-electron chi connectivity index (χ4n) is 3.85. The number of aryl methyl sites for hydroxylation is 1. The Hall–Kier alpha value is -3.31. The van der Waals surface area contributed by atoms with Crippen LogP contribution in [0.15, 0.2) is 47.4 Å². The molecule has 182 valence electrons. The second kappa shape index (κ2) is 8.17. The quantitative estimate of drug-likeness (QED) is 0.590. The highest BCUT2D eigenvalue weighted by molar-refractivity contribution is 7.87. The predicted octanol–water partition coefficient (Wildman–Crippen LogP) is 3.71. The molecule has 2 atom stereocenters. The van der Waals surface area contributed by atoms with Crippen molar-refractivity contribution in [2.45, 2.75) is 50.0 Å². The summed E-state index contributed by atoms with van der Waals surface area (Å²) < 4.78 is 52.8. The van der Waals surface area contributed by atoms with E-state index in [1.54, 1.807) is 32.9 Å². The highest BCUT2D eigenvalue weighted by Gasteiger charge is 2.64. The van der Waals surface area contributed by atoms with Crippen molar-refractivity contribution in [1.29, 1.82) is 0 Å². The highest BCUT2D eigenvalue weighted by Crippen LogP contribution is 2.50. The first-order chi connectivity index (χ1) is 15.9. The Morgan fingerprint density at radius 3 is 2.44 bits per heavy atom. The summed E-state index contributed by atoms with van der Waals surface area (Å²) >= 11 is 0. The first kappa shape index (κ1) is 23.8. The fraction of sp³-hybridized carbons (Fsp3) is 0.391. The molecular weight excluding hydrogens is 466 g/mol. The van der Waals surface area contributed by atoms with Crippen LogP contribution in [-0.2, 0) is 29.9 Å².